The van der Waals surface area contributed by atoms with Crippen molar-refractivity contribution < 1.29 is 18.0 Å². The molecule has 2 rings (SSSR count). The number of likely N-dealkylation sites (tertiary alicyclic amines) is 1. The molecule has 0 radical (unpaired) electrons. The molecule has 1 fully saturated rings. The zero-order valence-corrected chi connectivity index (χ0v) is 11.4. The standard InChI is InChI=1S/C14H17F3N2O/c1-9-5-10(2)8-19(7-9)13(20)12-4-3-11(6-18-12)14(15,16)17/h3-4,6,9-10H,5,7-8H2,1-2H3/t9-,10-/m1/s1. The molecule has 2 atom stereocenters. The molecule has 1 aromatic heterocycles. The molecule has 0 saturated carbocycles. The Hall–Kier alpha value is -1.59. The average Bonchev–Trinajstić information content (AvgIpc) is 2.36. The molecule has 0 spiro atoms. The van der Waals surface area contributed by atoms with Gasteiger partial charge in [0.1, 0.15) is 5.69 Å². The van der Waals surface area contributed by atoms with Crippen LogP contribution in [-0.2, 0) is 6.18 Å². The van der Waals surface area contributed by atoms with Crippen LogP contribution in [0.3, 0.4) is 0 Å². The van der Waals surface area contributed by atoms with Crippen LogP contribution in [0.5, 0.6) is 0 Å². The summed E-state index contributed by atoms with van der Waals surface area (Å²) in [6.07, 6.45) is -2.66. The van der Waals surface area contributed by atoms with Crippen LogP contribution in [0.15, 0.2) is 18.3 Å². The van der Waals surface area contributed by atoms with Crippen molar-refractivity contribution in [3.05, 3.63) is 29.6 Å². The van der Waals surface area contributed by atoms with Crippen LogP contribution in [0.1, 0.15) is 36.3 Å². The zero-order chi connectivity index (χ0) is 14.9. The van der Waals surface area contributed by atoms with Crippen molar-refractivity contribution in [1.29, 1.82) is 0 Å². The molecule has 110 valence electrons. The predicted octanol–water partition coefficient (Wildman–Crippen LogP) is 3.22. The smallest absolute Gasteiger partial charge is 0.337 e. The van der Waals surface area contributed by atoms with Crippen LogP contribution in [-0.4, -0.2) is 28.9 Å². The molecule has 1 aliphatic heterocycles. The van der Waals surface area contributed by atoms with Gasteiger partial charge in [-0.2, -0.15) is 13.2 Å². The third-order valence-corrected chi connectivity index (χ3v) is 3.47. The second-order valence-electron chi connectivity index (χ2n) is 5.59. The Morgan fingerprint density at radius 2 is 1.85 bits per heavy atom. The topological polar surface area (TPSA) is 33.2 Å². The van der Waals surface area contributed by atoms with E-state index in [-0.39, 0.29) is 11.6 Å². The lowest BCUT2D eigenvalue weighted by atomic mass is 9.92. The zero-order valence-electron chi connectivity index (χ0n) is 11.4. The first-order chi connectivity index (χ1) is 9.27. The number of carbonyl (C=O) groups is 1. The van der Waals surface area contributed by atoms with Gasteiger partial charge in [0.25, 0.3) is 5.91 Å². The quantitative estimate of drug-likeness (QED) is 0.794. The summed E-state index contributed by atoms with van der Waals surface area (Å²) in [5.41, 5.74) is -0.770. The van der Waals surface area contributed by atoms with Gasteiger partial charge in [-0.3, -0.25) is 9.78 Å². The van der Waals surface area contributed by atoms with Gasteiger partial charge < -0.3 is 4.90 Å². The van der Waals surface area contributed by atoms with Crippen molar-refractivity contribution in [3.8, 4) is 0 Å². The lowest BCUT2D eigenvalue weighted by Gasteiger charge is -2.34. The number of amides is 1. The molecule has 1 aromatic rings. The Morgan fingerprint density at radius 3 is 2.30 bits per heavy atom. The Bertz CT molecular complexity index is 474. The molecule has 2 heterocycles. The van der Waals surface area contributed by atoms with E-state index in [0.717, 1.165) is 18.6 Å². The van der Waals surface area contributed by atoms with E-state index in [0.29, 0.717) is 31.1 Å². The van der Waals surface area contributed by atoms with Gasteiger partial charge in [0.2, 0.25) is 0 Å². The maximum Gasteiger partial charge on any atom is 0.417 e. The van der Waals surface area contributed by atoms with Gasteiger partial charge in [0, 0.05) is 19.3 Å². The summed E-state index contributed by atoms with van der Waals surface area (Å²) in [5.74, 6) is 0.506. The highest BCUT2D eigenvalue weighted by Crippen LogP contribution is 2.28. The number of hydrogen-bond acceptors (Lipinski definition) is 2. The molecule has 1 aliphatic rings. The van der Waals surface area contributed by atoms with Crippen molar-refractivity contribution in [3.63, 3.8) is 0 Å². The summed E-state index contributed by atoms with van der Waals surface area (Å²) in [4.78, 5) is 17.6. The van der Waals surface area contributed by atoms with Crippen LogP contribution in [0.4, 0.5) is 13.2 Å². The highest BCUT2D eigenvalue weighted by Gasteiger charge is 2.32. The molecular weight excluding hydrogens is 269 g/mol. The largest absolute Gasteiger partial charge is 0.417 e. The third-order valence-electron chi connectivity index (χ3n) is 3.47. The normalized spacial score (nSPS) is 23.8. The van der Waals surface area contributed by atoms with Crippen LogP contribution in [0.25, 0.3) is 0 Å². The monoisotopic (exact) mass is 286 g/mol. The minimum Gasteiger partial charge on any atom is -0.337 e. The number of alkyl halides is 3. The van der Waals surface area contributed by atoms with Gasteiger partial charge in [0.15, 0.2) is 0 Å². The number of aromatic nitrogens is 1. The van der Waals surface area contributed by atoms with Crippen LogP contribution in [0.2, 0.25) is 0 Å². The minimum absolute atomic E-state index is 0.0688. The maximum absolute atomic E-state index is 12.4. The Morgan fingerprint density at radius 1 is 1.25 bits per heavy atom. The lowest BCUT2D eigenvalue weighted by Crippen LogP contribution is -2.42. The first-order valence-electron chi connectivity index (χ1n) is 6.60. The first-order valence-corrected chi connectivity index (χ1v) is 6.60. The first kappa shape index (κ1) is 14.8. The van der Waals surface area contributed by atoms with Gasteiger partial charge in [-0.05, 0) is 30.4 Å². The molecule has 20 heavy (non-hydrogen) atoms. The Balaban J connectivity index is 2.13. The van der Waals surface area contributed by atoms with E-state index in [1.807, 2.05) is 0 Å². The molecule has 6 heteroatoms. The number of piperidine rings is 1. The molecular formula is C14H17F3N2O. The molecule has 3 nitrogen and oxygen atoms in total. The predicted molar refractivity (Wildman–Crippen MR) is 68.1 cm³/mol. The number of halogens is 3. The fourth-order valence-corrected chi connectivity index (χ4v) is 2.68. The summed E-state index contributed by atoms with van der Waals surface area (Å²) in [6, 6.07) is 2.05. The summed E-state index contributed by atoms with van der Waals surface area (Å²) in [5, 5.41) is 0. The lowest BCUT2D eigenvalue weighted by molar-refractivity contribution is -0.137. The average molecular weight is 286 g/mol. The molecule has 0 aromatic carbocycles. The molecule has 0 aliphatic carbocycles. The Labute approximate surface area is 115 Å². The summed E-state index contributed by atoms with van der Waals surface area (Å²) in [7, 11) is 0. The molecule has 0 bridgehead atoms. The van der Waals surface area contributed by atoms with Crippen LogP contribution >= 0.6 is 0 Å². The van der Waals surface area contributed by atoms with Gasteiger partial charge in [-0.1, -0.05) is 13.8 Å². The maximum atomic E-state index is 12.4. The summed E-state index contributed by atoms with van der Waals surface area (Å²) < 4.78 is 37.3. The van der Waals surface area contributed by atoms with E-state index in [9.17, 15) is 18.0 Å². The number of hydrogen-bond donors (Lipinski definition) is 0. The highest BCUT2D eigenvalue weighted by atomic mass is 19.4. The number of pyridine rings is 1. The van der Waals surface area contributed by atoms with Crippen molar-refractivity contribution in [2.75, 3.05) is 13.1 Å². The highest BCUT2D eigenvalue weighted by molar-refractivity contribution is 5.92. The van der Waals surface area contributed by atoms with E-state index in [1.54, 1.807) is 4.90 Å². The van der Waals surface area contributed by atoms with Crippen molar-refractivity contribution >= 4 is 5.91 Å². The van der Waals surface area contributed by atoms with E-state index in [2.05, 4.69) is 18.8 Å². The number of rotatable bonds is 1. The second-order valence-corrected chi connectivity index (χ2v) is 5.59. The molecule has 1 saturated heterocycles. The van der Waals surface area contributed by atoms with E-state index >= 15 is 0 Å². The van der Waals surface area contributed by atoms with Crippen LogP contribution in [0, 0.1) is 11.8 Å². The fraction of sp³-hybridized carbons (Fsp3) is 0.571. The second kappa shape index (κ2) is 5.42. The van der Waals surface area contributed by atoms with Crippen molar-refractivity contribution in [2.24, 2.45) is 11.8 Å². The van der Waals surface area contributed by atoms with Gasteiger partial charge in [-0.25, -0.2) is 0 Å². The van der Waals surface area contributed by atoms with E-state index < -0.39 is 11.7 Å². The summed E-state index contributed by atoms with van der Waals surface area (Å²) in [6.45, 7) is 5.39. The molecule has 0 unspecified atom stereocenters. The van der Waals surface area contributed by atoms with E-state index in [1.165, 1.54) is 0 Å². The SMILES string of the molecule is C[C@@H]1C[C@@H](C)CN(C(=O)c2ccc(C(F)(F)F)cn2)C1. The fourth-order valence-electron chi connectivity index (χ4n) is 2.68. The van der Waals surface area contributed by atoms with Gasteiger partial charge >= 0.3 is 6.18 Å². The Kier molecular flexibility index (Phi) is 4.01. The number of carbonyl (C=O) groups excluding carboxylic acids is 1. The van der Waals surface area contributed by atoms with Gasteiger partial charge in [0.05, 0.1) is 5.56 Å². The van der Waals surface area contributed by atoms with E-state index in [4.69, 9.17) is 0 Å². The molecule has 1 amide bonds. The summed E-state index contributed by atoms with van der Waals surface area (Å²) >= 11 is 0. The third kappa shape index (κ3) is 3.29. The number of nitrogens with zero attached hydrogens (tertiary/aromatic N) is 2. The van der Waals surface area contributed by atoms with Crippen LogP contribution < -0.4 is 0 Å². The van der Waals surface area contributed by atoms with Crippen molar-refractivity contribution in [2.45, 2.75) is 26.4 Å². The molecule has 0 N–H and O–H groups in total. The van der Waals surface area contributed by atoms with Gasteiger partial charge in [-0.15, -0.1) is 0 Å². The van der Waals surface area contributed by atoms with Crippen molar-refractivity contribution in [1.82, 2.24) is 9.88 Å². The minimum atomic E-state index is -4.43.